The number of hydrogen-bond donors (Lipinski definition) is 1. The third-order valence-electron chi connectivity index (χ3n) is 5.03. The van der Waals surface area contributed by atoms with Crippen LogP contribution in [0.4, 0.5) is 0 Å². The first kappa shape index (κ1) is 16.0. The van der Waals surface area contributed by atoms with E-state index in [0.717, 1.165) is 45.2 Å². The minimum Gasteiger partial charge on any atom is -0.355 e. The SMILES string of the molecule is O=C(NCCC(=O)N1CC[C@H](n2cccn2)C1)C1CCCCC1. The predicted molar refractivity (Wildman–Crippen MR) is 86.7 cm³/mol. The molecule has 1 saturated heterocycles. The lowest BCUT2D eigenvalue weighted by molar-refractivity contribution is -0.130. The van der Waals surface area contributed by atoms with Crippen molar-refractivity contribution in [2.75, 3.05) is 19.6 Å². The molecule has 1 aliphatic carbocycles. The number of rotatable bonds is 5. The summed E-state index contributed by atoms with van der Waals surface area (Å²) in [5, 5.41) is 7.19. The number of amides is 2. The lowest BCUT2D eigenvalue weighted by atomic mass is 9.89. The zero-order chi connectivity index (χ0) is 16.1. The van der Waals surface area contributed by atoms with Crippen molar-refractivity contribution in [1.29, 1.82) is 0 Å². The average molecular weight is 318 g/mol. The van der Waals surface area contributed by atoms with Crippen molar-refractivity contribution in [1.82, 2.24) is 20.0 Å². The Morgan fingerprint density at radius 2 is 2.00 bits per heavy atom. The summed E-state index contributed by atoms with van der Waals surface area (Å²) in [5.74, 6) is 0.423. The number of nitrogens with one attached hydrogen (secondary N) is 1. The Morgan fingerprint density at radius 1 is 1.17 bits per heavy atom. The van der Waals surface area contributed by atoms with Gasteiger partial charge in [-0.1, -0.05) is 19.3 Å². The molecule has 0 radical (unpaired) electrons. The molecule has 1 atom stereocenters. The van der Waals surface area contributed by atoms with Crippen LogP contribution >= 0.6 is 0 Å². The van der Waals surface area contributed by atoms with E-state index >= 15 is 0 Å². The standard InChI is InChI=1S/C17H26N4O2/c22-16(7-10-18-17(23)14-5-2-1-3-6-14)20-12-8-15(13-20)21-11-4-9-19-21/h4,9,11,14-15H,1-3,5-8,10,12-13H2,(H,18,23)/t15-/m0/s1. The van der Waals surface area contributed by atoms with Gasteiger partial charge < -0.3 is 10.2 Å². The molecule has 2 aliphatic rings. The molecular weight excluding hydrogens is 292 g/mol. The monoisotopic (exact) mass is 318 g/mol. The largest absolute Gasteiger partial charge is 0.355 e. The molecule has 2 amide bonds. The van der Waals surface area contributed by atoms with Gasteiger partial charge in [-0.25, -0.2) is 0 Å². The fraction of sp³-hybridized carbons (Fsp3) is 0.706. The van der Waals surface area contributed by atoms with Crippen LogP contribution in [0.3, 0.4) is 0 Å². The maximum atomic E-state index is 12.3. The van der Waals surface area contributed by atoms with Crippen LogP contribution in [0.25, 0.3) is 0 Å². The van der Waals surface area contributed by atoms with Gasteiger partial charge in [0.25, 0.3) is 0 Å². The van der Waals surface area contributed by atoms with Crippen LogP contribution in [0.15, 0.2) is 18.5 Å². The van der Waals surface area contributed by atoms with Crippen LogP contribution in [0, 0.1) is 5.92 Å². The molecule has 1 aromatic rings. The second kappa shape index (κ2) is 7.62. The Morgan fingerprint density at radius 3 is 2.74 bits per heavy atom. The van der Waals surface area contributed by atoms with E-state index in [0.29, 0.717) is 13.0 Å². The molecule has 1 aromatic heterocycles. The van der Waals surface area contributed by atoms with Crippen molar-refractivity contribution in [2.45, 2.75) is 51.0 Å². The highest BCUT2D eigenvalue weighted by Crippen LogP contribution is 2.24. The summed E-state index contributed by atoms with van der Waals surface area (Å²) in [6.45, 7) is 1.95. The Balaban J connectivity index is 1.37. The molecule has 0 aromatic carbocycles. The van der Waals surface area contributed by atoms with Gasteiger partial charge in [0.15, 0.2) is 0 Å². The third-order valence-corrected chi connectivity index (χ3v) is 5.03. The smallest absolute Gasteiger partial charge is 0.224 e. The Kier molecular flexibility index (Phi) is 5.31. The minimum absolute atomic E-state index is 0.128. The van der Waals surface area contributed by atoms with Crippen molar-refractivity contribution in [3.8, 4) is 0 Å². The number of nitrogens with zero attached hydrogens (tertiary/aromatic N) is 3. The Hall–Kier alpha value is -1.85. The molecule has 0 unspecified atom stereocenters. The van der Waals surface area contributed by atoms with E-state index in [-0.39, 0.29) is 23.8 Å². The average Bonchev–Trinajstić information content (AvgIpc) is 3.26. The highest BCUT2D eigenvalue weighted by atomic mass is 16.2. The van der Waals surface area contributed by atoms with E-state index in [9.17, 15) is 9.59 Å². The first-order valence-electron chi connectivity index (χ1n) is 8.78. The summed E-state index contributed by atoms with van der Waals surface area (Å²) >= 11 is 0. The van der Waals surface area contributed by atoms with E-state index < -0.39 is 0 Å². The van der Waals surface area contributed by atoms with Gasteiger partial charge in [0.2, 0.25) is 11.8 Å². The fourth-order valence-corrected chi connectivity index (χ4v) is 3.64. The van der Waals surface area contributed by atoms with E-state index in [1.54, 1.807) is 6.20 Å². The normalized spacial score (nSPS) is 22.3. The molecule has 2 fully saturated rings. The second-order valence-corrected chi connectivity index (χ2v) is 6.64. The fourth-order valence-electron chi connectivity index (χ4n) is 3.64. The van der Waals surface area contributed by atoms with Gasteiger partial charge in [-0.05, 0) is 25.3 Å². The van der Waals surface area contributed by atoms with Gasteiger partial charge in [0, 0.05) is 44.4 Å². The number of carbonyl (C=O) groups is 2. The Labute approximate surface area is 137 Å². The highest BCUT2D eigenvalue weighted by Gasteiger charge is 2.27. The van der Waals surface area contributed by atoms with Crippen molar-refractivity contribution in [3.63, 3.8) is 0 Å². The summed E-state index contributed by atoms with van der Waals surface area (Å²) in [6.07, 6.45) is 10.6. The summed E-state index contributed by atoms with van der Waals surface area (Å²) in [5.41, 5.74) is 0. The first-order valence-corrected chi connectivity index (χ1v) is 8.78. The number of hydrogen-bond acceptors (Lipinski definition) is 3. The number of aromatic nitrogens is 2. The number of carbonyl (C=O) groups excluding carboxylic acids is 2. The second-order valence-electron chi connectivity index (χ2n) is 6.64. The van der Waals surface area contributed by atoms with Gasteiger partial charge in [-0.2, -0.15) is 5.10 Å². The van der Waals surface area contributed by atoms with Gasteiger partial charge in [-0.3, -0.25) is 14.3 Å². The summed E-state index contributed by atoms with van der Waals surface area (Å²) in [6, 6.07) is 2.19. The molecule has 1 saturated carbocycles. The van der Waals surface area contributed by atoms with Crippen LogP contribution in [-0.2, 0) is 9.59 Å². The van der Waals surface area contributed by atoms with Crippen LogP contribution in [0.2, 0.25) is 0 Å². The van der Waals surface area contributed by atoms with E-state index in [4.69, 9.17) is 0 Å². The maximum absolute atomic E-state index is 12.3. The molecule has 23 heavy (non-hydrogen) atoms. The van der Waals surface area contributed by atoms with Gasteiger partial charge in [-0.15, -0.1) is 0 Å². The van der Waals surface area contributed by atoms with Crippen molar-refractivity contribution in [2.24, 2.45) is 5.92 Å². The topological polar surface area (TPSA) is 67.2 Å². The third kappa shape index (κ3) is 4.12. The van der Waals surface area contributed by atoms with Crippen LogP contribution in [0.1, 0.15) is 51.0 Å². The lowest BCUT2D eigenvalue weighted by Crippen LogP contribution is -2.36. The molecule has 1 aliphatic heterocycles. The van der Waals surface area contributed by atoms with Crippen LogP contribution in [-0.4, -0.2) is 46.1 Å². The van der Waals surface area contributed by atoms with Crippen LogP contribution < -0.4 is 5.32 Å². The minimum atomic E-state index is 0.128. The zero-order valence-electron chi connectivity index (χ0n) is 13.6. The van der Waals surface area contributed by atoms with E-state index in [2.05, 4.69) is 10.4 Å². The molecule has 0 bridgehead atoms. The molecular formula is C17H26N4O2. The van der Waals surface area contributed by atoms with Crippen molar-refractivity contribution < 1.29 is 9.59 Å². The van der Waals surface area contributed by atoms with Crippen molar-refractivity contribution in [3.05, 3.63) is 18.5 Å². The van der Waals surface area contributed by atoms with Gasteiger partial charge >= 0.3 is 0 Å². The maximum Gasteiger partial charge on any atom is 0.224 e. The van der Waals surface area contributed by atoms with E-state index in [1.165, 1.54) is 6.42 Å². The number of likely N-dealkylation sites (tertiary alicyclic amines) is 1. The Bertz CT molecular complexity index is 523. The summed E-state index contributed by atoms with van der Waals surface area (Å²) in [4.78, 5) is 26.2. The van der Waals surface area contributed by atoms with Gasteiger partial charge in [0.1, 0.15) is 0 Å². The molecule has 2 heterocycles. The lowest BCUT2D eigenvalue weighted by Gasteiger charge is -2.21. The molecule has 6 nitrogen and oxygen atoms in total. The molecule has 6 heteroatoms. The predicted octanol–water partition coefficient (Wildman–Crippen LogP) is 1.74. The molecule has 0 spiro atoms. The van der Waals surface area contributed by atoms with Gasteiger partial charge in [0.05, 0.1) is 6.04 Å². The van der Waals surface area contributed by atoms with Crippen LogP contribution in [0.5, 0.6) is 0 Å². The van der Waals surface area contributed by atoms with E-state index in [1.807, 2.05) is 21.8 Å². The highest BCUT2D eigenvalue weighted by molar-refractivity contribution is 5.80. The molecule has 3 rings (SSSR count). The summed E-state index contributed by atoms with van der Waals surface area (Å²) in [7, 11) is 0. The summed E-state index contributed by atoms with van der Waals surface area (Å²) < 4.78 is 1.93. The van der Waals surface area contributed by atoms with Crippen molar-refractivity contribution >= 4 is 11.8 Å². The zero-order valence-corrected chi connectivity index (χ0v) is 13.6. The first-order chi connectivity index (χ1) is 11.2. The quantitative estimate of drug-likeness (QED) is 0.899. The molecule has 126 valence electrons. The molecule has 1 N–H and O–H groups in total.